The number of aryl methyl sites for hydroxylation is 2. The van der Waals surface area contributed by atoms with Gasteiger partial charge in [0.25, 0.3) is 5.91 Å². The zero-order valence-corrected chi connectivity index (χ0v) is 15.2. The molecule has 0 N–H and O–H groups in total. The molecule has 0 radical (unpaired) electrons. The van der Waals surface area contributed by atoms with Crippen molar-refractivity contribution in [2.75, 3.05) is 19.7 Å². The summed E-state index contributed by atoms with van der Waals surface area (Å²) in [4.78, 5) is 20.0. The molecule has 2 aliphatic rings. The van der Waals surface area contributed by atoms with Crippen LogP contribution >= 0.6 is 0 Å². The molecule has 1 aliphatic carbocycles. The zero-order valence-electron chi connectivity index (χ0n) is 15.2. The van der Waals surface area contributed by atoms with E-state index in [-0.39, 0.29) is 11.5 Å². The van der Waals surface area contributed by atoms with E-state index in [0.29, 0.717) is 13.2 Å². The van der Waals surface area contributed by atoms with Gasteiger partial charge in [0.2, 0.25) is 0 Å². The van der Waals surface area contributed by atoms with Crippen LogP contribution in [0.3, 0.4) is 0 Å². The van der Waals surface area contributed by atoms with Crippen molar-refractivity contribution in [2.24, 2.45) is 0 Å². The fraction of sp³-hybridized carbons (Fsp3) is 0.524. The molecule has 1 saturated carbocycles. The Morgan fingerprint density at radius 1 is 1.28 bits per heavy atom. The van der Waals surface area contributed by atoms with Gasteiger partial charge in [-0.15, -0.1) is 0 Å². The van der Waals surface area contributed by atoms with Gasteiger partial charge < -0.3 is 9.64 Å². The van der Waals surface area contributed by atoms with E-state index in [9.17, 15) is 4.79 Å². The summed E-state index contributed by atoms with van der Waals surface area (Å²) >= 11 is 0. The molecule has 0 bridgehead atoms. The zero-order chi connectivity index (χ0) is 17.4. The molecule has 1 aromatic heterocycles. The first-order valence-corrected chi connectivity index (χ1v) is 9.44. The molecule has 25 heavy (non-hydrogen) atoms. The topological polar surface area (TPSA) is 42.4 Å². The summed E-state index contributed by atoms with van der Waals surface area (Å²) in [6.07, 6.45) is 5.52. The minimum absolute atomic E-state index is 0.0969. The Balaban J connectivity index is 1.71. The van der Waals surface area contributed by atoms with Crippen LogP contribution in [0.25, 0.3) is 10.9 Å². The summed E-state index contributed by atoms with van der Waals surface area (Å²) in [6, 6.07) is 8.21. The normalized spacial score (nSPS) is 19.7. The van der Waals surface area contributed by atoms with Crippen LogP contribution in [0.1, 0.15) is 54.2 Å². The first kappa shape index (κ1) is 16.5. The summed E-state index contributed by atoms with van der Waals surface area (Å²) < 4.78 is 6.08. The highest BCUT2D eigenvalue weighted by molar-refractivity contribution is 6.06. The monoisotopic (exact) mass is 338 g/mol. The van der Waals surface area contributed by atoms with Gasteiger partial charge >= 0.3 is 0 Å². The number of pyridine rings is 1. The van der Waals surface area contributed by atoms with Crippen LogP contribution in [0.5, 0.6) is 0 Å². The van der Waals surface area contributed by atoms with Crippen molar-refractivity contribution in [3.8, 4) is 0 Å². The summed E-state index contributed by atoms with van der Waals surface area (Å²) in [5.74, 6) is 0.123. The second-order valence-corrected chi connectivity index (χ2v) is 7.48. The SMILES string of the molecule is CCc1ccc2nc(C)cc(C(=O)N3CCOC4(CCCC4)C3)c2c1. The number of carbonyl (C=O) groups is 1. The first-order chi connectivity index (χ1) is 12.1. The lowest BCUT2D eigenvalue weighted by Crippen LogP contribution is -2.52. The Hall–Kier alpha value is -1.94. The lowest BCUT2D eigenvalue weighted by molar-refractivity contribution is -0.0948. The third kappa shape index (κ3) is 3.04. The van der Waals surface area contributed by atoms with Crippen LogP contribution in [0.15, 0.2) is 24.3 Å². The van der Waals surface area contributed by atoms with E-state index in [4.69, 9.17) is 4.74 Å². The highest BCUT2D eigenvalue weighted by Crippen LogP contribution is 2.36. The number of carbonyl (C=O) groups excluding carboxylic acids is 1. The van der Waals surface area contributed by atoms with Crippen LogP contribution in [-0.4, -0.2) is 41.1 Å². The van der Waals surface area contributed by atoms with Crippen LogP contribution < -0.4 is 0 Å². The van der Waals surface area contributed by atoms with E-state index in [1.807, 2.05) is 24.0 Å². The van der Waals surface area contributed by atoms with Crippen LogP contribution in [-0.2, 0) is 11.2 Å². The average molecular weight is 338 g/mol. The van der Waals surface area contributed by atoms with E-state index in [1.54, 1.807) is 0 Å². The largest absolute Gasteiger partial charge is 0.371 e. The molecule has 2 heterocycles. The molecular weight excluding hydrogens is 312 g/mol. The number of rotatable bonds is 2. The predicted molar refractivity (Wildman–Crippen MR) is 98.9 cm³/mol. The molecule has 4 nitrogen and oxygen atoms in total. The van der Waals surface area contributed by atoms with Gasteiger partial charge in [-0.2, -0.15) is 0 Å². The maximum Gasteiger partial charge on any atom is 0.254 e. The van der Waals surface area contributed by atoms with Gasteiger partial charge in [0.05, 0.1) is 29.8 Å². The Morgan fingerprint density at radius 2 is 2.08 bits per heavy atom. The molecule has 1 spiro atoms. The van der Waals surface area contributed by atoms with Crippen molar-refractivity contribution in [3.05, 3.63) is 41.1 Å². The minimum atomic E-state index is -0.0969. The third-order valence-electron chi connectivity index (χ3n) is 5.69. The number of benzene rings is 1. The second kappa shape index (κ2) is 6.41. The van der Waals surface area contributed by atoms with Gasteiger partial charge in [-0.1, -0.05) is 25.8 Å². The molecular formula is C21H26N2O2. The van der Waals surface area contributed by atoms with E-state index >= 15 is 0 Å². The molecule has 1 amide bonds. The number of ether oxygens (including phenoxy) is 1. The van der Waals surface area contributed by atoms with Gasteiger partial charge in [-0.3, -0.25) is 9.78 Å². The quantitative estimate of drug-likeness (QED) is 0.834. The lowest BCUT2D eigenvalue weighted by atomic mass is 9.98. The van der Waals surface area contributed by atoms with Gasteiger partial charge in [0.15, 0.2) is 0 Å². The maximum atomic E-state index is 13.3. The van der Waals surface area contributed by atoms with E-state index in [0.717, 1.165) is 48.0 Å². The Kier molecular flexibility index (Phi) is 4.24. The van der Waals surface area contributed by atoms with Gasteiger partial charge in [0.1, 0.15) is 0 Å². The van der Waals surface area contributed by atoms with Crippen molar-refractivity contribution >= 4 is 16.8 Å². The summed E-state index contributed by atoms with van der Waals surface area (Å²) in [7, 11) is 0. The number of nitrogens with zero attached hydrogens (tertiary/aromatic N) is 2. The molecule has 0 atom stereocenters. The fourth-order valence-corrected chi connectivity index (χ4v) is 4.31. The first-order valence-electron chi connectivity index (χ1n) is 9.44. The molecule has 0 unspecified atom stereocenters. The number of amides is 1. The van der Waals surface area contributed by atoms with Crippen molar-refractivity contribution in [2.45, 2.75) is 51.6 Å². The van der Waals surface area contributed by atoms with Crippen LogP contribution in [0.2, 0.25) is 0 Å². The molecule has 4 heteroatoms. The maximum absolute atomic E-state index is 13.3. The van der Waals surface area contributed by atoms with Crippen LogP contribution in [0.4, 0.5) is 0 Å². The highest BCUT2D eigenvalue weighted by atomic mass is 16.5. The standard InChI is InChI=1S/C21H26N2O2/c1-3-16-6-7-19-17(13-16)18(12-15(2)22-19)20(24)23-10-11-25-21(14-23)8-4-5-9-21/h6-7,12-13H,3-5,8-11,14H2,1-2H3. The van der Waals surface area contributed by atoms with Gasteiger partial charge in [-0.05, 0) is 49.9 Å². The molecule has 1 saturated heterocycles. The van der Waals surface area contributed by atoms with Crippen molar-refractivity contribution < 1.29 is 9.53 Å². The fourth-order valence-electron chi connectivity index (χ4n) is 4.31. The molecule has 2 fully saturated rings. The van der Waals surface area contributed by atoms with Crippen molar-refractivity contribution in [1.82, 2.24) is 9.88 Å². The third-order valence-corrected chi connectivity index (χ3v) is 5.69. The van der Waals surface area contributed by atoms with Crippen LogP contribution in [0, 0.1) is 6.92 Å². The highest BCUT2D eigenvalue weighted by Gasteiger charge is 2.40. The number of hydrogen-bond donors (Lipinski definition) is 0. The van der Waals surface area contributed by atoms with Gasteiger partial charge in [0, 0.05) is 17.6 Å². The van der Waals surface area contributed by atoms with Gasteiger partial charge in [-0.25, -0.2) is 0 Å². The molecule has 2 aromatic rings. The lowest BCUT2D eigenvalue weighted by Gasteiger charge is -2.40. The molecule has 132 valence electrons. The summed E-state index contributed by atoms with van der Waals surface area (Å²) in [5.41, 5.74) is 3.73. The van der Waals surface area contributed by atoms with Crippen molar-refractivity contribution in [3.63, 3.8) is 0 Å². The molecule has 1 aliphatic heterocycles. The number of aromatic nitrogens is 1. The minimum Gasteiger partial charge on any atom is -0.371 e. The predicted octanol–water partition coefficient (Wildman–Crippen LogP) is 3.89. The van der Waals surface area contributed by atoms with E-state index < -0.39 is 0 Å². The average Bonchev–Trinajstić information content (AvgIpc) is 3.07. The Bertz CT molecular complexity index is 809. The molecule has 1 aromatic carbocycles. The second-order valence-electron chi connectivity index (χ2n) is 7.48. The van der Waals surface area contributed by atoms with Crippen molar-refractivity contribution in [1.29, 1.82) is 0 Å². The summed E-state index contributed by atoms with van der Waals surface area (Å²) in [6.45, 7) is 6.14. The number of morpholine rings is 1. The molecule has 4 rings (SSSR count). The Labute approximate surface area is 149 Å². The smallest absolute Gasteiger partial charge is 0.254 e. The Morgan fingerprint density at radius 3 is 2.84 bits per heavy atom. The number of hydrogen-bond acceptors (Lipinski definition) is 3. The number of fused-ring (bicyclic) bond motifs is 1. The summed E-state index contributed by atoms with van der Waals surface area (Å²) in [5, 5.41) is 0.974. The van der Waals surface area contributed by atoms with E-state index in [2.05, 4.69) is 24.0 Å². The van der Waals surface area contributed by atoms with E-state index in [1.165, 1.54) is 18.4 Å².